The number of hydrogen-bond donors (Lipinski definition) is 1. The lowest BCUT2D eigenvalue weighted by molar-refractivity contribution is 0.141. The van der Waals surface area contributed by atoms with Gasteiger partial charge in [0.05, 0.1) is 0 Å². The van der Waals surface area contributed by atoms with Gasteiger partial charge < -0.3 is 14.8 Å². The highest BCUT2D eigenvalue weighted by Crippen LogP contribution is 2.19. The molecule has 24 heavy (non-hydrogen) atoms. The van der Waals surface area contributed by atoms with Crippen LogP contribution < -0.4 is 10.1 Å². The lowest BCUT2D eigenvalue weighted by Gasteiger charge is -2.07. The van der Waals surface area contributed by atoms with Crippen LogP contribution in [0.5, 0.6) is 5.75 Å². The Morgan fingerprint density at radius 3 is 2.62 bits per heavy atom. The van der Waals surface area contributed by atoms with Crippen molar-refractivity contribution < 1.29 is 14.3 Å². The van der Waals surface area contributed by atoms with Gasteiger partial charge in [0.2, 0.25) is 0 Å². The van der Waals surface area contributed by atoms with Gasteiger partial charge in [0.25, 0.3) is 0 Å². The summed E-state index contributed by atoms with van der Waals surface area (Å²) in [5.74, 6) is 0.778. The quantitative estimate of drug-likeness (QED) is 0.741. The summed E-state index contributed by atoms with van der Waals surface area (Å²) in [6.45, 7) is 4.73. The minimum absolute atomic E-state index is 0.259. The molecule has 0 aliphatic rings. The van der Waals surface area contributed by atoms with Gasteiger partial charge >= 0.3 is 6.09 Å². The molecule has 0 fully saturated rings. The third-order valence-corrected chi connectivity index (χ3v) is 3.15. The summed E-state index contributed by atoms with van der Waals surface area (Å²) in [6.07, 6.45) is 5.00. The van der Waals surface area contributed by atoms with Gasteiger partial charge in [-0.2, -0.15) is 0 Å². The van der Waals surface area contributed by atoms with E-state index in [0.717, 1.165) is 16.9 Å². The van der Waals surface area contributed by atoms with Gasteiger partial charge in [-0.3, -0.25) is 0 Å². The summed E-state index contributed by atoms with van der Waals surface area (Å²) in [6, 6.07) is 17.2. The number of rotatable bonds is 8. The fourth-order valence-electron chi connectivity index (χ4n) is 2.00. The van der Waals surface area contributed by atoms with Crippen molar-refractivity contribution >= 4 is 12.2 Å². The van der Waals surface area contributed by atoms with Crippen molar-refractivity contribution in [2.75, 3.05) is 13.2 Å². The fourth-order valence-corrected chi connectivity index (χ4v) is 2.00. The van der Waals surface area contributed by atoms with Gasteiger partial charge in [0.15, 0.2) is 0 Å². The summed E-state index contributed by atoms with van der Waals surface area (Å²) in [4.78, 5) is 11.6. The molecule has 0 radical (unpaired) electrons. The number of carbonyl (C=O) groups excluding carboxylic acids is 1. The van der Waals surface area contributed by atoms with E-state index in [-0.39, 0.29) is 6.61 Å². The molecule has 0 atom stereocenters. The van der Waals surface area contributed by atoms with E-state index in [2.05, 4.69) is 11.9 Å². The van der Waals surface area contributed by atoms with Crippen LogP contribution >= 0.6 is 0 Å². The predicted octanol–water partition coefficient (Wildman–Crippen LogP) is 4.19. The van der Waals surface area contributed by atoms with Gasteiger partial charge in [0, 0.05) is 12.1 Å². The highest BCUT2D eigenvalue weighted by atomic mass is 16.5. The van der Waals surface area contributed by atoms with E-state index < -0.39 is 6.09 Å². The van der Waals surface area contributed by atoms with E-state index >= 15 is 0 Å². The van der Waals surface area contributed by atoms with Gasteiger partial charge in [0.1, 0.15) is 19.0 Å². The molecule has 124 valence electrons. The van der Waals surface area contributed by atoms with Crippen LogP contribution in [0.25, 0.3) is 6.08 Å². The molecule has 0 aliphatic carbocycles. The molecule has 0 aliphatic heterocycles. The number of ether oxygens (including phenoxy) is 2. The molecule has 1 N–H and O–H groups in total. The molecule has 0 saturated heterocycles. The standard InChI is InChI=1S/C20H21NO3/c1-2-15-23-19-13-7-6-11-18(19)12-8-14-21-20(22)24-16-17-9-4-3-5-10-17/h2-13H,1,14-16H2,(H,21,22). The highest BCUT2D eigenvalue weighted by molar-refractivity contribution is 5.67. The minimum Gasteiger partial charge on any atom is -0.489 e. The van der Waals surface area contributed by atoms with Crippen molar-refractivity contribution in [2.45, 2.75) is 6.61 Å². The first-order valence-electron chi connectivity index (χ1n) is 7.73. The fraction of sp³-hybridized carbons (Fsp3) is 0.150. The topological polar surface area (TPSA) is 47.6 Å². The van der Waals surface area contributed by atoms with E-state index in [4.69, 9.17) is 9.47 Å². The first-order valence-corrected chi connectivity index (χ1v) is 7.73. The first kappa shape index (κ1) is 17.3. The maximum absolute atomic E-state index is 11.6. The van der Waals surface area contributed by atoms with Crippen molar-refractivity contribution in [1.82, 2.24) is 5.32 Å². The zero-order valence-corrected chi connectivity index (χ0v) is 13.5. The molecule has 0 spiro atoms. The molecule has 0 bridgehead atoms. The smallest absolute Gasteiger partial charge is 0.407 e. The normalized spacial score (nSPS) is 10.3. The van der Waals surface area contributed by atoms with Gasteiger partial charge in [-0.25, -0.2) is 4.79 Å². The van der Waals surface area contributed by atoms with E-state index in [0.29, 0.717) is 13.2 Å². The molecule has 0 aromatic heterocycles. The van der Waals surface area contributed by atoms with E-state index in [1.54, 1.807) is 6.08 Å². The van der Waals surface area contributed by atoms with Crippen molar-refractivity contribution in [2.24, 2.45) is 0 Å². The van der Waals surface area contributed by atoms with Crippen LogP contribution in [0, 0.1) is 0 Å². The monoisotopic (exact) mass is 323 g/mol. The number of carbonyl (C=O) groups is 1. The zero-order chi connectivity index (χ0) is 17.0. The summed E-state index contributed by atoms with van der Waals surface area (Å²) >= 11 is 0. The van der Waals surface area contributed by atoms with Crippen LogP contribution in [0.2, 0.25) is 0 Å². The Kier molecular flexibility index (Phi) is 7.15. The lowest BCUT2D eigenvalue weighted by Crippen LogP contribution is -2.24. The summed E-state index contributed by atoms with van der Waals surface area (Å²) in [5.41, 5.74) is 1.90. The Morgan fingerprint density at radius 1 is 1.08 bits per heavy atom. The summed E-state index contributed by atoms with van der Waals surface area (Å²) < 4.78 is 10.7. The summed E-state index contributed by atoms with van der Waals surface area (Å²) in [5, 5.41) is 2.68. The van der Waals surface area contributed by atoms with E-state index in [1.807, 2.05) is 66.7 Å². The molecule has 1 amide bonds. The van der Waals surface area contributed by atoms with E-state index in [9.17, 15) is 4.79 Å². The van der Waals surface area contributed by atoms with Gasteiger partial charge in [-0.1, -0.05) is 73.3 Å². The Morgan fingerprint density at radius 2 is 1.83 bits per heavy atom. The second-order valence-electron chi connectivity index (χ2n) is 4.98. The summed E-state index contributed by atoms with van der Waals surface area (Å²) in [7, 11) is 0. The lowest BCUT2D eigenvalue weighted by atomic mass is 10.2. The van der Waals surface area contributed by atoms with Crippen LogP contribution in [0.3, 0.4) is 0 Å². The first-order chi connectivity index (χ1) is 11.8. The highest BCUT2D eigenvalue weighted by Gasteiger charge is 2.01. The van der Waals surface area contributed by atoms with Crippen LogP contribution in [0.15, 0.2) is 73.3 Å². The maximum Gasteiger partial charge on any atom is 0.407 e. The van der Waals surface area contributed by atoms with Crippen molar-refractivity contribution in [3.8, 4) is 5.75 Å². The SMILES string of the molecule is C=CCOc1ccccc1C=CCNC(=O)OCc1ccccc1. The number of benzene rings is 2. The Bertz CT molecular complexity index is 680. The van der Waals surface area contributed by atoms with Crippen LogP contribution in [0.4, 0.5) is 4.79 Å². The third-order valence-electron chi connectivity index (χ3n) is 3.15. The number of amides is 1. The zero-order valence-electron chi connectivity index (χ0n) is 13.5. The average molecular weight is 323 g/mol. The Balaban J connectivity index is 1.76. The number of hydrogen-bond acceptors (Lipinski definition) is 3. The van der Waals surface area contributed by atoms with Crippen molar-refractivity contribution in [1.29, 1.82) is 0 Å². The van der Waals surface area contributed by atoms with Crippen LogP contribution in [-0.4, -0.2) is 19.2 Å². The van der Waals surface area contributed by atoms with E-state index in [1.165, 1.54) is 0 Å². The second-order valence-corrected chi connectivity index (χ2v) is 4.98. The largest absolute Gasteiger partial charge is 0.489 e. The molecule has 0 saturated carbocycles. The Hall–Kier alpha value is -3.01. The van der Waals surface area contributed by atoms with Crippen LogP contribution in [0.1, 0.15) is 11.1 Å². The predicted molar refractivity (Wildman–Crippen MR) is 95.8 cm³/mol. The average Bonchev–Trinajstić information content (AvgIpc) is 2.63. The molecule has 4 heteroatoms. The number of para-hydroxylation sites is 1. The Labute approximate surface area is 142 Å². The molecular weight excluding hydrogens is 302 g/mol. The van der Waals surface area contributed by atoms with Crippen molar-refractivity contribution in [3.05, 3.63) is 84.5 Å². The third kappa shape index (κ3) is 6.01. The number of alkyl carbamates (subject to hydrolysis) is 1. The molecule has 2 rings (SSSR count). The molecule has 2 aromatic carbocycles. The van der Waals surface area contributed by atoms with Gasteiger partial charge in [-0.15, -0.1) is 0 Å². The minimum atomic E-state index is -0.445. The molecule has 0 heterocycles. The molecule has 2 aromatic rings. The van der Waals surface area contributed by atoms with Crippen molar-refractivity contribution in [3.63, 3.8) is 0 Å². The second kappa shape index (κ2) is 9.90. The van der Waals surface area contributed by atoms with Gasteiger partial charge in [-0.05, 0) is 11.6 Å². The maximum atomic E-state index is 11.6. The number of nitrogens with one attached hydrogen (secondary N) is 1. The van der Waals surface area contributed by atoms with Crippen LogP contribution in [-0.2, 0) is 11.3 Å². The molecule has 4 nitrogen and oxygen atoms in total. The molecular formula is C20H21NO3. The molecule has 0 unspecified atom stereocenters.